The van der Waals surface area contributed by atoms with Gasteiger partial charge in [0.25, 0.3) is 5.56 Å². The summed E-state index contributed by atoms with van der Waals surface area (Å²) < 4.78 is 7.58. The fourth-order valence-electron chi connectivity index (χ4n) is 3.34. The molecule has 4 rings (SSSR count). The summed E-state index contributed by atoms with van der Waals surface area (Å²) in [7, 11) is 0. The number of aromatic amines is 1. The lowest BCUT2D eigenvalue weighted by atomic mass is 10.0. The molecule has 0 bridgehead atoms. The second kappa shape index (κ2) is 6.56. The Morgan fingerprint density at radius 1 is 1.37 bits per heavy atom. The van der Waals surface area contributed by atoms with Crippen LogP contribution in [-0.2, 0) is 5.54 Å². The van der Waals surface area contributed by atoms with Gasteiger partial charge in [0.05, 0.1) is 24.4 Å². The zero-order valence-electron chi connectivity index (χ0n) is 15.5. The van der Waals surface area contributed by atoms with Gasteiger partial charge in [-0.3, -0.25) is 9.78 Å². The lowest BCUT2D eigenvalue weighted by molar-refractivity contribution is 0.316. The van der Waals surface area contributed by atoms with Crippen LogP contribution >= 0.6 is 11.6 Å². The molecule has 1 unspecified atom stereocenters. The van der Waals surface area contributed by atoms with Crippen LogP contribution in [-0.4, -0.2) is 26.4 Å². The maximum atomic E-state index is 12.5. The predicted molar refractivity (Wildman–Crippen MR) is 106 cm³/mol. The Hall–Kier alpha value is -2.54. The lowest BCUT2D eigenvalue weighted by Crippen LogP contribution is -2.24. The molecule has 3 heterocycles. The van der Waals surface area contributed by atoms with Gasteiger partial charge in [-0.2, -0.15) is 10.1 Å². The quantitative estimate of drug-likeness (QED) is 0.697. The number of ether oxygens (including phenoxy) is 1. The zero-order chi connectivity index (χ0) is 19.2. The Morgan fingerprint density at radius 2 is 2.19 bits per heavy atom. The molecule has 0 radical (unpaired) electrons. The molecule has 27 heavy (non-hydrogen) atoms. The van der Waals surface area contributed by atoms with Crippen LogP contribution < -0.4 is 15.6 Å². The third-order valence-corrected chi connectivity index (χ3v) is 4.87. The molecule has 1 aliphatic rings. The average Bonchev–Trinajstić information content (AvgIpc) is 2.93. The van der Waals surface area contributed by atoms with Crippen molar-refractivity contribution in [3.05, 3.63) is 45.3 Å². The van der Waals surface area contributed by atoms with E-state index in [1.807, 2.05) is 39.0 Å². The second-order valence-corrected chi connectivity index (χ2v) is 8.19. The van der Waals surface area contributed by atoms with Crippen molar-refractivity contribution in [1.29, 1.82) is 0 Å². The van der Waals surface area contributed by atoms with Crippen molar-refractivity contribution in [3.8, 4) is 5.75 Å². The summed E-state index contributed by atoms with van der Waals surface area (Å²) in [6, 6.07) is 5.59. The number of nitrogens with one attached hydrogen (secondary N) is 2. The van der Waals surface area contributed by atoms with Crippen LogP contribution in [0.25, 0.3) is 11.0 Å². The summed E-state index contributed by atoms with van der Waals surface area (Å²) in [6.45, 7) is 6.71. The Balaban J connectivity index is 1.75. The van der Waals surface area contributed by atoms with Gasteiger partial charge < -0.3 is 10.1 Å². The van der Waals surface area contributed by atoms with Crippen molar-refractivity contribution < 1.29 is 4.74 Å². The summed E-state index contributed by atoms with van der Waals surface area (Å²) in [5, 5.41) is 8.83. The molecule has 0 amide bonds. The summed E-state index contributed by atoms with van der Waals surface area (Å²) in [4.78, 5) is 20.0. The standard InChI is InChI=1S/C19H22ClN5O2/c1-19(2,3)25-16-13(10-21-25)17(26)24-18(23-16)22-14-5-4-8-27-15-9-11(20)6-7-12(14)15/h6-7,9-10,14H,4-5,8H2,1-3H3,(H2,22,23,24,26). The van der Waals surface area contributed by atoms with E-state index in [4.69, 9.17) is 16.3 Å². The third-order valence-electron chi connectivity index (χ3n) is 4.63. The van der Waals surface area contributed by atoms with E-state index in [1.54, 1.807) is 10.9 Å². The first kappa shape index (κ1) is 17.9. The number of anilines is 1. The van der Waals surface area contributed by atoms with Gasteiger partial charge in [-0.1, -0.05) is 17.7 Å². The molecule has 1 aromatic carbocycles. The molecule has 142 valence electrons. The number of halogens is 1. The Bertz CT molecular complexity index is 1050. The highest BCUT2D eigenvalue weighted by Gasteiger charge is 2.23. The molecule has 2 aromatic heterocycles. The number of aromatic nitrogens is 4. The van der Waals surface area contributed by atoms with E-state index in [2.05, 4.69) is 20.4 Å². The molecule has 0 saturated heterocycles. The highest BCUT2D eigenvalue weighted by Crippen LogP contribution is 2.35. The van der Waals surface area contributed by atoms with E-state index in [0.29, 0.717) is 28.6 Å². The number of hydrogen-bond acceptors (Lipinski definition) is 5. The highest BCUT2D eigenvalue weighted by molar-refractivity contribution is 6.30. The molecule has 0 aliphatic carbocycles. The second-order valence-electron chi connectivity index (χ2n) is 7.75. The third kappa shape index (κ3) is 3.39. The van der Waals surface area contributed by atoms with Crippen LogP contribution in [0.3, 0.4) is 0 Å². The number of fused-ring (bicyclic) bond motifs is 2. The monoisotopic (exact) mass is 387 g/mol. The first-order valence-electron chi connectivity index (χ1n) is 9.00. The number of benzene rings is 1. The van der Waals surface area contributed by atoms with E-state index >= 15 is 0 Å². The van der Waals surface area contributed by atoms with Crippen molar-refractivity contribution in [1.82, 2.24) is 19.7 Å². The largest absolute Gasteiger partial charge is 0.493 e. The van der Waals surface area contributed by atoms with Gasteiger partial charge in [-0.25, -0.2) is 4.68 Å². The average molecular weight is 388 g/mol. The van der Waals surface area contributed by atoms with Gasteiger partial charge >= 0.3 is 0 Å². The lowest BCUT2D eigenvalue weighted by Gasteiger charge is -2.21. The Morgan fingerprint density at radius 3 is 2.96 bits per heavy atom. The van der Waals surface area contributed by atoms with Gasteiger partial charge in [-0.15, -0.1) is 0 Å². The number of hydrogen-bond donors (Lipinski definition) is 2. The smallest absolute Gasteiger partial charge is 0.263 e. The maximum Gasteiger partial charge on any atom is 0.263 e. The van der Waals surface area contributed by atoms with E-state index in [9.17, 15) is 4.79 Å². The van der Waals surface area contributed by atoms with E-state index < -0.39 is 0 Å². The minimum absolute atomic E-state index is 0.0358. The van der Waals surface area contributed by atoms with Crippen LogP contribution in [0.4, 0.5) is 5.95 Å². The molecule has 0 saturated carbocycles. The molecule has 1 atom stereocenters. The Labute approximate surface area is 161 Å². The van der Waals surface area contributed by atoms with Crippen molar-refractivity contribution in [2.75, 3.05) is 11.9 Å². The van der Waals surface area contributed by atoms with Crippen molar-refractivity contribution >= 4 is 28.6 Å². The molecule has 0 spiro atoms. The molecule has 3 aromatic rings. The van der Waals surface area contributed by atoms with Gasteiger partial charge in [-0.05, 0) is 45.7 Å². The van der Waals surface area contributed by atoms with E-state index in [1.165, 1.54) is 0 Å². The molecule has 0 fully saturated rings. The SMILES string of the molecule is CC(C)(C)n1ncc2c(=O)[nH]c(NC3CCCOc4cc(Cl)ccc43)nc21. The minimum atomic E-state index is -0.278. The van der Waals surface area contributed by atoms with E-state index in [0.717, 1.165) is 24.2 Å². The summed E-state index contributed by atoms with van der Waals surface area (Å²) in [5.74, 6) is 1.19. The fraction of sp³-hybridized carbons (Fsp3) is 0.421. The van der Waals surface area contributed by atoms with Gasteiger partial charge in [0.15, 0.2) is 5.65 Å². The normalized spacial score (nSPS) is 17.3. The molecular weight excluding hydrogens is 366 g/mol. The number of H-pyrrole nitrogens is 1. The highest BCUT2D eigenvalue weighted by atomic mass is 35.5. The molecule has 2 N–H and O–H groups in total. The topological polar surface area (TPSA) is 84.8 Å². The van der Waals surface area contributed by atoms with Crippen molar-refractivity contribution in [2.24, 2.45) is 0 Å². The molecule has 8 heteroatoms. The van der Waals surface area contributed by atoms with Crippen LogP contribution in [0.2, 0.25) is 5.02 Å². The van der Waals surface area contributed by atoms with Crippen molar-refractivity contribution in [2.45, 2.75) is 45.2 Å². The van der Waals surface area contributed by atoms with Crippen LogP contribution in [0.1, 0.15) is 45.2 Å². The fourth-order valence-corrected chi connectivity index (χ4v) is 3.50. The summed E-state index contributed by atoms with van der Waals surface area (Å²) in [6.07, 6.45) is 3.30. The maximum absolute atomic E-state index is 12.5. The number of rotatable bonds is 2. The summed E-state index contributed by atoms with van der Waals surface area (Å²) in [5.41, 5.74) is 1.08. The Kier molecular flexibility index (Phi) is 4.34. The molecule has 1 aliphatic heterocycles. The zero-order valence-corrected chi connectivity index (χ0v) is 16.3. The van der Waals surface area contributed by atoms with Gasteiger partial charge in [0.1, 0.15) is 11.1 Å². The van der Waals surface area contributed by atoms with Crippen molar-refractivity contribution in [3.63, 3.8) is 0 Å². The molecular formula is C19H22ClN5O2. The van der Waals surface area contributed by atoms with Crippen LogP contribution in [0, 0.1) is 0 Å². The van der Waals surface area contributed by atoms with Gasteiger partial charge in [0.2, 0.25) is 5.95 Å². The minimum Gasteiger partial charge on any atom is -0.493 e. The van der Waals surface area contributed by atoms with Gasteiger partial charge in [0, 0.05) is 10.6 Å². The van der Waals surface area contributed by atoms with Crippen LogP contribution in [0.15, 0.2) is 29.2 Å². The predicted octanol–water partition coefficient (Wildman–Crippen LogP) is 3.85. The number of nitrogens with zero attached hydrogens (tertiary/aromatic N) is 3. The molecule has 7 nitrogen and oxygen atoms in total. The first-order chi connectivity index (χ1) is 12.8. The summed E-state index contributed by atoms with van der Waals surface area (Å²) >= 11 is 6.10. The van der Waals surface area contributed by atoms with E-state index in [-0.39, 0.29) is 17.1 Å². The van der Waals surface area contributed by atoms with Crippen LogP contribution in [0.5, 0.6) is 5.75 Å². The first-order valence-corrected chi connectivity index (χ1v) is 9.38.